The van der Waals surface area contributed by atoms with Gasteiger partial charge >= 0.3 is 0 Å². The van der Waals surface area contributed by atoms with E-state index in [0.29, 0.717) is 0 Å². The Kier molecular flexibility index (Phi) is 3.69. The second kappa shape index (κ2) is 5.43. The number of hydrogen-bond acceptors (Lipinski definition) is 2. The topological polar surface area (TPSA) is 29.9 Å². The minimum atomic E-state index is 0.772. The summed E-state index contributed by atoms with van der Waals surface area (Å²) in [6.07, 6.45) is 12.6. The van der Waals surface area contributed by atoms with Crippen molar-refractivity contribution in [1.29, 1.82) is 0 Å². The normalized spacial score (nSPS) is 28.5. The van der Waals surface area contributed by atoms with E-state index in [4.69, 9.17) is 0 Å². The molecule has 0 bridgehead atoms. The molecule has 18 heavy (non-hydrogen) atoms. The van der Waals surface area contributed by atoms with Gasteiger partial charge in [-0.25, -0.2) is 4.98 Å². The average Bonchev–Trinajstić information content (AvgIpc) is 3.10. The summed E-state index contributed by atoms with van der Waals surface area (Å²) in [5.41, 5.74) is 1.20. The van der Waals surface area contributed by atoms with Crippen LogP contribution >= 0.6 is 0 Å². The van der Waals surface area contributed by atoms with Crippen molar-refractivity contribution in [2.45, 2.75) is 64.6 Å². The summed E-state index contributed by atoms with van der Waals surface area (Å²) in [7, 11) is 0. The molecular formula is C15H25N3. The predicted octanol–water partition coefficient (Wildman–Crippen LogP) is 2.96. The number of hydrogen-bond donors (Lipinski definition) is 1. The highest BCUT2D eigenvalue weighted by atomic mass is 15.1. The Morgan fingerprint density at radius 1 is 1.28 bits per heavy atom. The molecule has 0 spiro atoms. The molecule has 0 radical (unpaired) electrons. The summed E-state index contributed by atoms with van der Waals surface area (Å²) >= 11 is 0. The molecule has 0 amide bonds. The molecule has 2 atom stereocenters. The number of aromatic nitrogens is 2. The van der Waals surface area contributed by atoms with Crippen LogP contribution in [0.15, 0.2) is 12.5 Å². The van der Waals surface area contributed by atoms with Gasteiger partial charge in [0.1, 0.15) is 0 Å². The van der Waals surface area contributed by atoms with Crippen LogP contribution in [0.1, 0.15) is 51.1 Å². The molecule has 3 nitrogen and oxygen atoms in total. The molecule has 0 aromatic carbocycles. The third-order valence-corrected chi connectivity index (χ3v) is 4.57. The lowest BCUT2D eigenvalue weighted by molar-refractivity contribution is 0.228. The minimum Gasteiger partial charge on any atom is -0.337 e. The number of imidazole rings is 1. The number of rotatable bonds is 5. The van der Waals surface area contributed by atoms with Crippen molar-refractivity contribution in [3.05, 3.63) is 18.2 Å². The van der Waals surface area contributed by atoms with Crippen LogP contribution in [0.5, 0.6) is 0 Å². The van der Waals surface area contributed by atoms with Crippen molar-refractivity contribution in [2.24, 2.45) is 11.8 Å². The second-order valence-corrected chi connectivity index (χ2v) is 6.24. The van der Waals surface area contributed by atoms with Crippen LogP contribution in [0.4, 0.5) is 0 Å². The van der Waals surface area contributed by atoms with Gasteiger partial charge in [0.05, 0.1) is 12.0 Å². The Bertz CT molecular complexity index is 381. The average molecular weight is 247 g/mol. The number of nitrogens with zero attached hydrogens (tertiary/aromatic N) is 2. The zero-order valence-corrected chi connectivity index (χ0v) is 11.4. The van der Waals surface area contributed by atoms with E-state index in [9.17, 15) is 0 Å². The van der Waals surface area contributed by atoms with Gasteiger partial charge in [-0.1, -0.05) is 26.2 Å². The second-order valence-electron chi connectivity index (χ2n) is 6.24. The fourth-order valence-corrected chi connectivity index (χ4v) is 3.07. The predicted molar refractivity (Wildman–Crippen MR) is 73.2 cm³/mol. The van der Waals surface area contributed by atoms with Crippen molar-refractivity contribution in [3.63, 3.8) is 0 Å². The van der Waals surface area contributed by atoms with Gasteiger partial charge in [0.15, 0.2) is 0 Å². The first-order chi connectivity index (χ1) is 8.81. The summed E-state index contributed by atoms with van der Waals surface area (Å²) in [5.74, 6) is 1.74. The fraction of sp³-hybridized carbons (Fsp3) is 0.800. The van der Waals surface area contributed by atoms with Gasteiger partial charge in [0, 0.05) is 25.3 Å². The zero-order chi connectivity index (χ0) is 12.4. The van der Waals surface area contributed by atoms with E-state index in [1.165, 1.54) is 44.2 Å². The van der Waals surface area contributed by atoms with Crippen LogP contribution in [0.25, 0.3) is 0 Å². The molecule has 0 saturated heterocycles. The Morgan fingerprint density at radius 2 is 2.11 bits per heavy atom. The maximum Gasteiger partial charge on any atom is 0.0950 e. The van der Waals surface area contributed by atoms with Gasteiger partial charge in [-0.05, 0) is 31.1 Å². The Labute approximate surface area is 110 Å². The standard InChI is InChI=1S/C15H25N3/c1-12-4-2-3-5-13(12)9-18-10-15(17-11-18)8-16-14-6-7-14/h10-14,16H,2-9H2,1H3. The monoisotopic (exact) mass is 247 g/mol. The lowest BCUT2D eigenvalue weighted by Crippen LogP contribution is -2.21. The first-order valence-corrected chi connectivity index (χ1v) is 7.55. The maximum atomic E-state index is 4.51. The molecule has 3 rings (SSSR count). The lowest BCUT2D eigenvalue weighted by Gasteiger charge is -2.28. The third kappa shape index (κ3) is 3.14. The quantitative estimate of drug-likeness (QED) is 0.867. The van der Waals surface area contributed by atoms with E-state index < -0.39 is 0 Å². The van der Waals surface area contributed by atoms with Gasteiger partial charge in [0.25, 0.3) is 0 Å². The molecule has 1 heterocycles. The lowest BCUT2D eigenvalue weighted by atomic mass is 9.80. The first kappa shape index (κ1) is 12.2. The van der Waals surface area contributed by atoms with Crippen LogP contribution in [-0.4, -0.2) is 15.6 Å². The van der Waals surface area contributed by atoms with E-state index in [1.54, 1.807) is 0 Å². The van der Waals surface area contributed by atoms with Crippen molar-refractivity contribution < 1.29 is 0 Å². The highest BCUT2D eigenvalue weighted by molar-refractivity contribution is 4.98. The van der Waals surface area contributed by atoms with Gasteiger partial charge in [-0.3, -0.25) is 0 Å². The highest BCUT2D eigenvalue weighted by Crippen LogP contribution is 2.30. The molecule has 2 aliphatic rings. The Hall–Kier alpha value is -0.830. The molecule has 0 aliphatic heterocycles. The van der Waals surface area contributed by atoms with Gasteiger partial charge in [-0.2, -0.15) is 0 Å². The minimum absolute atomic E-state index is 0.772. The Balaban J connectivity index is 1.51. The summed E-state index contributed by atoms with van der Waals surface area (Å²) in [6.45, 7) is 4.52. The summed E-state index contributed by atoms with van der Waals surface area (Å²) in [5, 5.41) is 3.52. The highest BCUT2D eigenvalue weighted by Gasteiger charge is 2.22. The van der Waals surface area contributed by atoms with E-state index in [1.807, 2.05) is 6.33 Å². The van der Waals surface area contributed by atoms with E-state index in [2.05, 4.69) is 28.0 Å². The maximum absolute atomic E-state index is 4.51. The molecule has 2 fully saturated rings. The van der Waals surface area contributed by atoms with Crippen molar-refractivity contribution in [2.75, 3.05) is 0 Å². The summed E-state index contributed by atoms with van der Waals surface area (Å²) in [4.78, 5) is 4.51. The van der Waals surface area contributed by atoms with Gasteiger partial charge in [-0.15, -0.1) is 0 Å². The van der Waals surface area contributed by atoms with Gasteiger partial charge in [0.2, 0.25) is 0 Å². The molecule has 2 saturated carbocycles. The largest absolute Gasteiger partial charge is 0.337 e. The van der Waals surface area contributed by atoms with Crippen LogP contribution in [0.2, 0.25) is 0 Å². The molecular weight excluding hydrogens is 222 g/mol. The zero-order valence-electron chi connectivity index (χ0n) is 11.4. The van der Waals surface area contributed by atoms with E-state index in [0.717, 1.165) is 31.0 Å². The smallest absolute Gasteiger partial charge is 0.0950 e. The molecule has 100 valence electrons. The van der Waals surface area contributed by atoms with Crippen molar-refractivity contribution in [1.82, 2.24) is 14.9 Å². The number of nitrogens with one attached hydrogen (secondary N) is 1. The molecule has 1 aromatic heterocycles. The molecule has 3 heteroatoms. The SMILES string of the molecule is CC1CCCCC1Cn1cnc(CNC2CC2)c1. The molecule has 2 unspecified atom stereocenters. The van der Waals surface area contributed by atoms with Crippen LogP contribution in [0, 0.1) is 11.8 Å². The van der Waals surface area contributed by atoms with Crippen LogP contribution in [-0.2, 0) is 13.1 Å². The molecule has 2 aliphatic carbocycles. The van der Waals surface area contributed by atoms with Crippen LogP contribution < -0.4 is 5.32 Å². The molecule has 1 aromatic rings. The van der Waals surface area contributed by atoms with Crippen molar-refractivity contribution in [3.8, 4) is 0 Å². The third-order valence-electron chi connectivity index (χ3n) is 4.57. The van der Waals surface area contributed by atoms with E-state index in [-0.39, 0.29) is 0 Å². The Morgan fingerprint density at radius 3 is 2.89 bits per heavy atom. The summed E-state index contributed by atoms with van der Waals surface area (Å²) < 4.78 is 2.30. The first-order valence-electron chi connectivity index (χ1n) is 7.55. The summed E-state index contributed by atoms with van der Waals surface area (Å²) in [6, 6.07) is 0.772. The fourth-order valence-electron chi connectivity index (χ4n) is 3.07. The van der Waals surface area contributed by atoms with Crippen LogP contribution in [0.3, 0.4) is 0 Å². The molecule has 1 N–H and O–H groups in total. The van der Waals surface area contributed by atoms with E-state index >= 15 is 0 Å². The van der Waals surface area contributed by atoms with Gasteiger partial charge < -0.3 is 9.88 Å². The van der Waals surface area contributed by atoms with Crippen molar-refractivity contribution >= 4 is 0 Å².